The number of amides is 2. The van der Waals surface area contributed by atoms with Crippen LogP contribution in [0.25, 0.3) is 10.9 Å². The van der Waals surface area contributed by atoms with Gasteiger partial charge in [0.05, 0.1) is 5.52 Å². The molecule has 4 N–H and O–H groups in total. The van der Waals surface area contributed by atoms with Crippen LogP contribution in [-0.4, -0.2) is 40.0 Å². The summed E-state index contributed by atoms with van der Waals surface area (Å²) in [4.78, 5) is 29.9. The summed E-state index contributed by atoms with van der Waals surface area (Å²) in [6, 6.07) is 15.2. The molecule has 0 saturated carbocycles. The van der Waals surface area contributed by atoms with Gasteiger partial charge < -0.3 is 15.4 Å². The van der Waals surface area contributed by atoms with Gasteiger partial charge in [-0.2, -0.15) is 0 Å². The maximum Gasteiger partial charge on any atom is 0.262 e. The Balaban J connectivity index is 1.46. The van der Waals surface area contributed by atoms with Crippen molar-refractivity contribution in [1.29, 1.82) is 0 Å². The lowest BCUT2D eigenvalue weighted by Gasteiger charge is -2.23. The van der Waals surface area contributed by atoms with Crippen LogP contribution in [0.5, 0.6) is 5.75 Å². The van der Waals surface area contributed by atoms with Crippen molar-refractivity contribution >= 4 is 22.7 Å². The fraction of sp³-hybridized carbons (Fsp3) is 0.261. The zero-order valence-electron chi connectivity index (χ0n) is 17.2. The van der Waals surface area contributed by atoms with Crippen LogP contribution in [0.2, 0.25) is 0 Å². The maximum atomic E-state index is 12.7. The monoisotopic (exact) mass is 420 g/mol. The van der Waals surface area contributed by atoms with Gasteiger partial charge in [0, 0.05) is 23.7 Å². The first-order valence-electron chi connectivity index (χ1n) is 9.99. The number of pyridine rings is 1. The van der Waals surface area contributed by atoms with Gasteiger partial charge in [0.15, 0.2) is 0 Å². The van der Waals surface area contributed by atoms with Crippen molar-refractivity contribution in [1.82, 2.24) is 15.4 Å². The fourth-order valence-electron chi connectivity index (χ4n) is 3.88. The summed E-state index contributed by atoms with van der Waals surface area (Å²) in [5.74, 6) is -0.338. The van der Waals surface area contributed by atoms with E-state index in [-0.39, 0.29) is 12.5 Å². The van der Waals surface area contributed by atoms with Crippen LogP contribution in [0.3, 0.4) is 0 Å². The second kappa shape index (κ2) is 8.33. The van der Waals surface area contributed by atoms with Crippen molar-refractivity contribution in [2.24, 2.45) is 5.73 Å². The summed E-state index contributed by atoms with van der Waals surface area (Å²) < 4.78 is 5.95. The van der Waals surface area contributed by atoms with Crippen LogP contribution >= 0.6 is 0 Å². The molecule has 31 heavy (non-hydrogen) atoms. The second-order valence-corrected chi connectivity index (χ2v) is 7.79. The van der Waals surface area contributed by atoms with Crippen molar-refractivity contribution in [3.05, 3.63) is 71.4 Å². The Morgan fingerprint density at radius 3 is 2.77 bits per heavy atom. The van der Waals surface area contributed by atoms with Crippen molar-refractivity contribution in [3.8, 4) is 5.75 Å². The normalized spacial score (nSPS) is 18.4. The van der Waals surface area contributed by atoms with Crippen LogP contribution in [0.15, 0.2) is 54.7 Å². The molecular formula is C23H24N4O4. The number of rotatable bonds is 6. The first kappa shape index (κ1) is 20.8. The van der Waals surface area contributed by atoms with E-state index in [0.717, 1.165) is 22.0 Å². The summed E-state index contributed by atoms with van der Waals surface area (Å²) in [6.07, 6.45) is 2.16. The van der Waals surface area contributed by atoms with Crippen LogP contribution in [0.1, 0.15) is 23.1 Å². The van der Waals surface area contributed by atoms with E-state index in [1.54, 1.807) is 30.5 Å². The van der Waals surface area contributed by atoms with Gasteiger partial charge >= 0.3 is 0 Å². The van der Waals surface area contributed by atoms with Gasteiger partial charge in [-0.05, 0) is 48.7 Å². The zero-order valence-corrected chi connectivity index (χ0v) is 17.2. The summed E-state index contributed by atoms with van der Waals surface area (Å²) in [7, 11) is 0. The molecule has 0 spiro atoms. The number of hydroxylamine groups is 1. The molecule has 1 aliphatic heterocycles. The van der Waals surface area contributed by atoms with E-state index in [0.29, 0.717) is 30.9 Å². The Hall–Kier alpha value is -3.49. The van der Waals surface area contributed by atoms with Gasteiger partial charge in [-0.1, -0.05) is 24.3 Å². The van der Waals surface area contributed by atoms with Crippen molar-refractivity contribution in [2.45, 2.75) is 25.5 Å². The minimum absolute atomic E-state index is 0.227. The number of fused-ring (bicyclic) bond motifs is 1. The average Bonchev–Trinajstić information content (AvgIpc) is 3.07. The van der Waals surface area contributed by atoms with E-state index < -0.39 is 11.4 Å². The number of nitrogens with zero attached hydrogens (tertiary/aromatic N) is 2. The van der Waals surface area contributed by atoms with Gasteiger partial charge in [0.2, 0.25) is 5.91 Å². The van der Waals surface area contributed by atoms with Crippen LogP contribution in [0, 0.1) is 6.92 Å². The Kier molecular flexibility index (Phi) is 5.58. The highest BCUT2D eigenvalue weighted by Gasteiger charge is 2.45. The van der Waals surface area contributed by atoms with Crippen molar-refractivity contribution < 1.29 is 19.5 Å². The number of aromatic nitrogens is 1. The lowest BCUT2D eigenvalue weighted by molar-refractivity contribution is -0.139. The number of carbonyl (C=O) groups is 2. The van der Waals surface area contributed by atoms with Gasteiger partial charge in [0.25, 0.3) is 5.91 Å². The number of benzene rings is 2. The third-order valence-corrected chi connectivity index (χ3v) is 5.66. The van der Waals surface area contributed by atoms with Gasteiger partial charge in [-0.15, -0.1) is 0 Å². The highest BCUT2D eigenvalue weighted by Crippen LogP contribution is 2.32. The summed E-state index contributed by atoms with van der Waals surface area (Å²) in [5, 5.41) is 9.73. The molecule has 2 amide bonds. The SMILES string of the molecule is Cc1ccc2c(COc3ccc(C4(N)CCN(CC(=O)NO)C4=O)cc3)ccnc2c1. The van der Waals surface area contributed by atoms with Gasteiger partial charge in [-0.25, -0.2) is 5.48 Å². The van der Waals surface area contributed by atoms with Crippen molar-refractivity contribution in [2.75, 3.05) is 13.1 Å². The maximum absolute atomic E-state index is 12.7. The Morgan fingerprint density at radius 2 is 2.03 bits per heavy atom. The van der Waals surface area contributed by atoms with E-state index >= 15 is 0 Å². The largest absolute Gasteiger partial charge is 0.489 e. The zero-order chi connectivity index (χ0) is 22.0. The predicted molar refractivity (Wildman–Crippen MR) is 114 cm³/mol. The van der Waals surface area contributed by atoms with Crippen molar-refractivity contribution in [3.63, 3.8) is 0 Å². The Morgan fingerprint density at radius 1 is 1.26 bits per heavy atom. The highest BCUT2D eigenvalue weighted by atomic mass is 16.5. The van der Waals surface area contributed by atoms with Gasteiger partial charge in [0.1, 0.15) is 24.4 Å². The average molecular weight is 420 g/mol. The molecule has 2 heterocycles. The molecule has 1 saturated heterocycles. The van der Waals surface area contributed by atoms with Gasteiger partial charge in [-0.3, -0.25) is 19.8 Å². The molecular weight excluding hydrogens is 396 g/mol. The number of hydrogen-bond donors (Lipinski definition) is 3. The lowest BCUT2D eigenvalue weighted by Crippen LogP contribution is -2.47. The molecule has 2 aromatic carbocycles. The Labute approximate surface area is 179 Å². The van der Waals surface area contributed by atoms with E-state index in [9.17, 15) is 9.59 Å². The molecule has 160 valence electrons. The van der Waals surface area contributed by atoms with E-state index in [2.05, 4.69) is 11.1 Å². The van der Waals surface area contributed by atoms with E-state index in [4.69, 9.17) is 15.7 Å². The first-order chi connectivity index (χ1) is 14.9. The fourth-order valence-corrected chi connectivity index (χ4v) is 3.88. The smallest absolute Gasteiger partial charge is 0.262 e. The number of nitrogens with two attached hydrogens (primary N) is 1. The standard InChI is InChI=1S/C23H24N4O4/c1-15-2-7-19-16(8-10-25-20(19)12-15)14-31-18-5-3-17(4-6-18)23(24)9-11-27(22(23)29)13-21(28)26-30/h2-8,10,12,30H,9,11,13-14,24H2,1H3,(H,26,28). The van der Waals surface area contributed by atoms with E-state index in [1.807, 2.05) is 25.1 Å². The molecule has 1 unspecified atom stereocenters. The minimum atomic E-state index is -1.20. The predicted octanol–water partition coefficient (Wildman–Crippen LogP) is 2.01. The third kappa shape index (κ3) is 4.08. The number of hydrogen-bond acceptors (Lipinski definition) is 6. The van der Waals surface area contributed by atoms with Crippen LogP contribution in [0.4, 0.5) is 0 Å². The molecule has 0 aliphatic carbocycles. The molecule has 3 aromatic rings. The molecule has 0 bridgehead atoms. The molecule has 1 atom stereocenters. The topological polar surface area (TPSA) is 118 Å². The molecule has 8 nitrogen and oxygen atoms in total. The molecule has 1 aromatic heterocycles. The molecule has 1 aliphatic rings. The minimum Gasteiger partial charge on any atom is -0.489 e. The number of ether oxygens (including phenoxy) is 1. The first-order valence-corrected chi connectivity index (χ1v) is 9.99. The second-order valence-electron chi connectivity index (χ2n) is 7.79. The number of carbonyl (C=O) groups excluding carboxylic acids is 2. The number of nitrogens with one attached hydrogen (secondary N) is 1. The number of likely N-dealkylation sites (tertiary alicyclic amines) is 1. The van der Waals surface area contributed by atoms with Crippen LogP contribution in [-0.2, 0) is 21.7 Å². The quantitative estimate of drug-likeness (QED) is 0.415. The molecule has 8 heteroatoms. The summed E-state index contributed by atoms with van der Waals surface area (Å²) >= 11 is 0. The molecule has 0 radical (unpaired) electrons. The lowest BCUT2D eigenvalue weighted by atomic mass is 9.89. The molecule has 4 rings (SSSR count). The Bertz CT molecular complexity index is 1130. The summed E-state index contributed by atoms with van der Waals surface area (Å²) in [5.41, 5.74) is 10.5. The summed E-state index contributed by atoms with van der Waals surface area (Å²) in [6.45, 7) is 2.54. The third-order valence-electron chi connectivity index (χ3n) is 5.66. The molecule has 1 fully saturated rings. The highest BCUT2D eigenvalue weighted by molar-refractivity contribution is 5.92. The van der Waals surface area contributed by atoms with E-state index in [1.165, 1.54) is 10.4 Å². The van der Waals surface area contributed by atoms with Crippen LogP contribution < -0.4 is 16.0 Å². The number of aryl methyl sites for hydroxylation is 1.